The number of aryl methyl sites for hydroxylation is 3. The van der Waals surface area contributed by atoms with Crippen LogP contribution in [0.1, 0.15) is 5.56 Å². The summed E-state index contributed by atoms with van der Waals surface area (Å²) in [5.41, 5.74) is 15.3. The van der Waals surface area contributed by atoms with Crippen LogP contribution in [0.3, 0.4) is 0 Å². The summed E-state index contributed by atoms with van der Waals surface area (Å²) in [6.45, 7) is 2.26. The van der Waals surface area contributed by atoms with E-state index in [9.17, 15) is 0 Å². The van der Waals surface area contributed by atoms with Crippen molar-refractivity contribution in [3.63, 3.8) is 0 Å². The highest BCUT2D eigenvalue weighted by atomic mass is 15.0. The zero-order valence-corrected chi connectivity index (χ0v) is 22.9. The van der Waals surface area contributed by atoms with Crippen LogP contribution in [0, 0.1) is 6.92 Å². The van der Waals surface area contributed by atoms with Crippen LogP contribution in [-0.4, -0.2) is 4.57 Å². The lowest BCUT2D eigenvalue weighted by atomic mass is 9.82. The molecule has 0 saturated carbocycles. The van der Waals surface area contributed by atoms with Crippen LogP contribution in [0.4, 0.5) is 0 Å². The van der Waals surface area contributed by atoms with E-state index in [0.29, 0.717) is 0 Å². The number of rotatable bonds is 1. The molecule has 7 aromatic rings. The first kappa shape index (κ1) is 23.0. The maximum Gasteiger partial charge on any atom is 0.237 e. The molecule has 2 aromatic heterocycles. The highest BCUT2D eigenvalue weighted by Gasteiger charge is 2.30. The highest BCUT2D eigenvalue weighted by Crippen LogP contribution is 2.51. The van der Waals surface area contributed by atoms with Gasteiger partial charge in [-0.15, -0.1) is 0 Å². The smallest absolute Gasteiger partial charge is 0.237 e. The Morgan fingerprint density at radius 2 is 1.07 bits per heavy atom. The molecule has 0 N–H and O–H groups in total. The zero-order chi connectivity index (χ0) is 27.0. The van der Waals surface area contributed by atoms with Crippen LogP contribution in [0.5, 0.6) is 0 Å². The molecule has 2 heteroatoms. The lowest BCUT2D eigenvalue weighted by Crippen LogP contribution is -2.31. The van der Waals surface area contributed by atoms with Gasteiger partial charge in [-0.2, -0.15) is 4.57 Å². The van der Waals surface area contributed by atoms with Crippen molar-refractivity contribution in [2.24, 2.45) is 14.1 Å². The van der Waals surface area contributed by atoms with E-state index >= 15 is 0 Å². The first-order valence-corrected chi connectivity index (χ1v) is 13.9. The Hall–Kier alpha value is -4.95. The molecule has 0 radical (unpaired) electrons. The van der Waals surface area contributed by atoms with E-state index in [1.807, 2.05) is 0 Å². The molecule has 8 rings (SSSR count). The molecule has 2 heterocycles. The molecular formula is C38H29N2+. The molecule has 0 atom stereocenters. The topological polar surface area (TPSA) is 8.81 Å². The second-order valence-electron chi connectivity index (χ2n) is 10.9. The van der Waals surface area contributed by atoms with Crippen molar-refractivity contribution in [3.05, 3.63) is 127 Å². The summed E-state index contributed by atoms with van der Waals surface area (Å²) in [5.74, 6) is 0. The molecule has 190 valence electrons. The van der Waals surface area contributed by atoms with Gasteiger partial charge < -0.3 is 4.57 Å². The van der Waals surface area contributed by atoms with E-state index in [0.717, 1.165) is 0 Å². The Bertz CT molecular complexity index is 2140. The minimum atomic E-state index is 1.24. The van der Waals surface area contributed by atoms with Crippen molar-refractivity contribution in [3.8, 4) is 55.9 Å². The van der Waals surface area contributed by atoms with Gasteiger partial charge in [-0.05, 0) is 57.1 Å². The first-order valence-electron chi connectivity index (χ1n) is 13.9. The Labute approximate surface area is 234 Å². The molecule has 0 spiro atoms. The van der Waals surface area contributed by atoms with Gasteiger partial charge in [-0.3, -0.25) is 0 Å². The fourth-order valence-electron chi connectivity index (χ4n) is 6.99. The molecule has 1 aliphatic carbocycles. The van der Waals surface area contributed by atoms with Crippen LogP contribution in [0.25, 0.3) is 77.6 Å². The normalized spacial score (nSPS) is 11.9. The van der Waals surface area contributed by atoms with Gasteiger partial charge in [0.15, 0.2) is 6.20 Å². The van der Waals surface area contributed by atoms with Gasteiger partial charge in [-0.25, -0.2) is 0 Å². The third kappa shape index (κ3) is 3.08. The minimum absolute atomic E-state index is 1.24. The molecule has 40 heavy (non-hydrogen) atoms. The lowest BCUT2D eigenvalue weighted by Gasteiger charge is -2.22. The number of nitrogens with zero attached hydrogens (tertiary/aromatic N) is 2. The highest BCUT2D eigenvalue weighted by molar-refractivity contribution is 6.14. The predicted octanol–water partition coefficient (Wildman–Crippen LogP) is 9.11. The molecule has 0 aliphatic heterocycles. The van der Waals surface area contributed by atoms with Crippen molar-refractivity contribution in [1.82, 2.24) is 4.57 Å². The van der Waals surface area contributed by atoms with Gasteiger partial charge >= 0.3 is 0 Å². The minimum Gasteiger partial charge on any atom is -0.338 e. The Morgan fingerprint density at radius 1 is 0.525 bits per heavy atom. The maximum atomic E-state index is 2.44. The van der Waals surface area contributed by atoms with E-state index in [-0.39, 0.29) is 0 Å². The number of aromatic nitrogens is 2. The van der Waals surface area contributed by atoms with Crippen LogP contribution in [0.2, 0.25) is 0 Å². The van der Waals surface area contributed by atoms with Crippen molar-refractivity contribution in [1.29, 1.82) is 0 Å². The summed E-state index contributed by atoms with van der Waals surface area (Å²) >= 11 is 0. The Balaban J connectivity index is 1.57. The van der Waals surface area contributed by atoms with Crippen LogP contribution < -0.4 is 4.57 Å². The summed E-state index contributed by atoms with van der Waals surface area (Å²) in [6, 6.07) is 42.2. The van der Waals surface area contributed by atoms with Crippen molar-refractivity contribution in [2.75, 3.05) is 0 Å². The van der Waals surface area contributed by atoms with Crippen molar-refractivity contribution < 1.29 is 4.57 Å². The molecule has 5 aromatic carbocycles. The molecule has 2 nitrogen and oxygen atoms in total. The lowest BCUT2D eigenvalue weighted by molar-refractivity contribution is -0.659. The molecule has 0 saturated heterocycles. The van der Waals surface area contributed by atoms with Gasteiger partial charge in [0.25, 0.3) is 0 Å². The fraction of sp³-hybridized carbons (Fsp3) is 0.0789. The molecule has 0 fully saturated rings. The summed E-state index contributed by atoms with van der Waals surface area (Å²) in [5, 5.41) is 3.86. The average molecular weight is 514 g/mol. The van der Waals surface area contributed by atoms with E-state index in [4.69, 9.17) is 0 Å². The third-order valence-corrected chi connectivity index (χ3v) is 8.81. The van der Waals surface area contributed by atoms with Crippen LogP contribution in [-0.2, 0) is 14.1 Å². The first-order chi connectivity index (χ1) is 19.6. The SMILES string of the molecule is Cc1c(-c2c3c(cc[n+]2C)c2c(n3C)-c3ccccc3-c3ccccc3-c3ccccc3-2)ccc2ccccc12. The van der Waals surface area contributed by atoms with Crippen molar-refractivity contribution in [2.45, 2.75) is 6.92 Å². The van der Waals surface area contributed by atoms with Crippen LogP contribution in [0.15, 0.2) is 121 Å². The summed E-state index contributed by atoms with van der Waals surface area (Å²) in [7, 11) is 4.42. The van der Waals surface area contributed by atoms with Gasteiger partial charge in [0.1, 0.15) is 12.6 Å². The summed E-state index contributed by atoms with van der Waals surface area (Å²) < 4.78 is 4.73. The van der Waals surface area contributed by atoms with E-state index in [1.54, 1.807) is 0 Å². The third-order valence-electron chi connectivity index (χ3n) is 8.81. The fourth-order valence-corrected chi connectivity index (χ4v) is 6.99. The predicted molar refractivity (Wildman–Crippen MR) is 167 cm³/mol. The van der Waals surface area contributed by atoms with E-state index < -0.39 is 0 Å². The molecule has 0 bridgehead atoms. The van der Waals surface area contributed by atoms with Gasteiger partial charge in [0, 0.05) is 29.6 Å². The Morgan fingerprint density at radius 3 is 1.77 bits per heavy atom. The Kier molecular flexibility index (Phi) is 4.90. The summed E-state index contributed by atoms with van der Waals surface area (Å²) in [6.07, 6.45) is 2.23. The second-order valence-corrected chi connectivity index (χ2v) is 10.9. The zero-order valence-electron chi connectivity index (χ0n) is 22.9. The molecule has 1 aliphatic rings. The molecule has 0 amide bonds. The summed E-state index contributed by atoms with van der Waals surface area (Å²) in [4.78, 5) is 0. The maximum absolute atomic E-state index is 2.44. The molecular weight excluding hydrogens is 484 g/mol. The largest absolute Gasteiger partial charge is 0.338 e. The number of benzene rings is 5. The van der Waals surface area contributed by atoms with Gasteiger partial charge in [-0.1, -0.05) is 103 Å². The number of pyridine rings is 1. The number of hydrogen-bond acceptors (Lipinski definition) is 0. The average Bonchev–Trinajstić information content (AvgIpc) is 3.28. The second kappa shape index (κ2) is 8.53. The van der Waals surface area contributed by atoms with Crippen LogP contribution >= 0.6 is 0 Å². The number of fused-ring (bicyclic) bond motifs is 11. The quantitative estimate of drug-likeness (QED) is 0.194. The van der Waals surface area contributed by atoms with Gasteiger partial charge in [0.2, 0.25) is 5.69 Å². The van der Waals surface area contributed by atoms with E-state index in [1.165, 1.54) is 83.1 Å². The van der Waals surface area contributed by atoms with Gasteiger partial charge in [0.05, 0.1) is 11.3 Å². The monoisotopic (exact) mass is 513 g/mol. The van der Waals surface area contributed by atoms with Crippen molar-refractivity contribution >= 4 is 21.7 Å². The standard InChI is InChI=1S/C38H29N2/c1-24-26-13-5-4-12-25(26)20-21-27(24)37-38-34(22-23-39(37)2)35-32-18-10-8-16-30(32)28-14-6-7-15-29(28)31-17-9-11-19-33(31)36(35)40(38)3/h4-23H,1-3H3/q+1. The molecule has 0 unspecified atom stereocenters. The van der Waals surface area contributed by atoms with E-state index in [2.05, 4.69) is 152 Å². The number of hydrogen-bond donors (Lipinski definition) is 0.